The third-order valence-corrected chi connectivity index (χ3v) is 1.33. The maximum Gasteiger partial charge on any atom is 0.374 e. The molecule has 0 aliphatic carbocycles. The fraction of sp³-hybridized carbons (Fsp3) is 0.444. The first-order valence-corrected chi connectivity index (χ1v) is 4.23. The number of aromatic nitrogens is 1. The Kier molecular flexibility index (Phi) is 2.78. The minimum atomic E-state index is -1.28. The van der Waals surface area contributed by atoms with E-state index in [9.17, 15) is 9.59 Å². The quantitative estimate of drug-likeness (QED) is 0.745. The molecule has 1 N–H and O–H groups in total. The van der Waals surface area contributed by atoms with Crippen molar-refractivity contribution >= 4 is 11.9 Å². The SMILES string of the molecule is CC(C)(C)OC(=O)c1cc(C(=O)O)on1. The minimum absolute atomic E-state index is 0.151. The van der Waals surface area contributed by atoms with E-state index in [-0.39, 0.29) is 5.69 Å². The van der Waals surface area contributed by atoms with Crippen LogP contribution in [0.25, 0.3) is 0 Å². The molecule has 0 saturated heterocycles. The lowest BCUT2D eigenvalue weighted by molar-refractivity contribution is 0.00582. The van der Waals surface area contributed by atoms with Gasteiger partial charge in [0.1, 0.15) is 5.60 Å². The Labute approximate surface area is 85.8 Å². The van der Waals surface area contributed by atoms with Crippen LogP contribution in [0.4, 0.5) is 0 Å². The largest absolute Gasteiger partial charge is 0.475 e. The van der Waals surface area contributed by atoms with Crippen molar-refractivity contribution in [2.24, 2.45) is 0 Å². The number of carboxylic acid groups (broad SMARTS) is 1. The van der Waals surface area contributed by atoms with E-state index in [0.717, 1.165) is 6.07 Å². The highest BCUT2D eigenvalue weighted by molar-refractivity contribution is 5.91. The van der Waals surface area contributed by atoms with Gasteiger partial charge in [-0.3, -0.25) is 0 Å². The smallest absolute Gasteiger partial charge is 0.374 e. The van der Waals surface area contributed by atoms with Crippen LogP contribution in [0, 0.1) is 0 Å². The lowest BCUT2D eigenvalue weighted by Crippen LogP contribution is -2.24. The van der Waals surface area contributed by atoms with Gasteiger partial charge in [0.15, 0.2) is 5.69 Å². The van der Waals surface area contributed by atoms with Gasteiger partial charge in [0, 0.05) is 6.07 Å². The maximum atomic E-state index is 11.4. The number of hydrogen-bond donors (Lipinski definition) is 1. The molecule has 1 aromatic rings. The van der Waals surface area contributed by atoms with E-state index in [1.165, 1.54) is 0 Å². The van der Waals surface area contributed by atoms with Gasteiger partial charge in [0.05, 0.1) is 0 Å². The second-order valence-corrected chi connectivity index (χ2v) is 3.88. The molecule has 1 rings (SSSR count). The zero-order valence-electron chi connectivity index (χ0n) is 8.60. The Balaban J connectivity index is 2.79. The molecule has 1 aromatic heterocycles. The van der Waals surface area contributed by atoms with Crippen LogP contribution in [0.2, 0.25) is 0 Å². The molecule has 0 bridgehead atoms. The van der Waals surface area contributed by atoms with E-state index in [2.05, 4.69) is 9.68 Å². The van der Waals surface area contributed by atoms with Crippen molar-refractivity contribution in [3.05, 3.63) is 17.5 Å². The second kappa shape index (κ2) is 3.72. The zero-order valence-corrected chi connectivity index (χ0v) is 8.60. The highest BCUT2D eigenvalue weighted by atomic mass is 16.6. The Morgan fingerprint density at radius 3 is 2.47 bits per heavy atom. The molecular formula is C9H11NO5. The van der Waals surface area contributed by atoms with Crippen molar-refractivity contribution < 1.29 is 24.0 Å². The van der Waals surface area contributed by atoms with Gasteiger partial charge >= 0.3 is 11.9 Å². The van der Waals surface area contributed by atoms with Gasteiger partial charge < -0.3 is 14.4 Å². The van der Waals surface area contributed by atoms with E-state index in [1.807, 2.05) is 0 Å². The number of esters is 1. The van der Waals surface area contributed by atoms with E-state index >= 15 is 0 Å². The summed E-state index contributed by atoms with van der Waals surface area (Å²) in [5.74, 6) is -2.38. The molecule has 0 aliphatic heterocycles. The Morgan fingerprint density at radius 2 is 2.07 bits per heavy atom. The van der Waals surface area contributed by atoms with Crippen molar-refractivity contribution in [3.63, 3.8) is 0 Å². The first-order chi connectivity index (χ1) is 6.79. The summed E-state index contributed by atoms with van der Waals surface area (Å²) in [5.41, 5.74) is -0.804. The summed E-state index contributed by atoms with van der Waals surface area (Å²) in [6.07, 6.45) is 0. The van der Waals surface area contributed by atoms with Gasteiger partial charge in [0.25, 0.3) is 0 Å². The minimum Gasteiger partial charge on any atom is -0.475 e. The topological polar surface area (TPSA) is 89.6 Å². The number of carbonyl (C=O) groups excluding carboxylic acids is 1. The zero-order chi connectivity index (χ0) is 11.6. The van der Waals surface area contributed by atoms with Crippen molar-refractivity contribution in [2.45, 2.75) is 26.4 Å². The second-order valence-electron chi connectivity index (χ2n) is 3.88. The van der Waals surface area contributed by atoms with Gasteiger partial charge in [0.2, 0.25) is 5.76 Å². The molecular weight excluding hydrogens is 202 g/mol. The molecule has 0 radical (unpaired) electrons. The highest BCUT2D eigenvalue weighted by Crippen LogP contribution is 2.12. The molecule has 6 heteroatoms. The monoisotopic (exact) mass is 213 g/mol. The van der Waals surface area contributed by atoms with Crippen molar-refractivity contribution in [3.8, 4) is 0 Å². The van der Waals surface area contributed by atoms with Gasteiger partial charge in [-0.1, -0.05) is 5.16 Å². The number of carboxylic acids is 1. The molecule has 0 aliphatic rings. The standard InChI is InChI=1S/C9H11NO5/c1-9(2,3)14-8(13)5-4-6(7(11)12)15-10-5/h4H,1-3H3,(H,11,12). The Hall–Kier alpha value is -1.85. The summed E-state index contributed by atoms with van der Waals surface area (Å²) in [7, 11) is 0. The molecule has 1 heterocycles. The van der Waals surface area contributed by atoms with Crippen LogP contribution < -0.4 is 0 Å². The predicted octanol–water partition coefficient (Wildman–Crippen LogP) is 1.33. The van der Waals surface area contributed by atoms with Crippen LogP contribution in [0.15, 0.2) is 10.6 Å². The van der Waals surface area contributed by atoms with Gasteiger partial charge in [-0.15, -0.1) is 0 Å². The van der Waals surface area contributed by atoms with Gasteiger partial charge in [-0.2, -0.15) is 0 Å². The molecule has 0 spiro atoms. The molecule has 0 amide bonds. The Morgan fingerprint density at radius 1 is 1.47 bits per heavy atom. The average Bonchev–Trinajstić information content (AvgIpc) is 2.47. The molecule has 82 valence electrons. The third kappa shape index (κ3) is 3.08. The van der Waals surface area contributed by atoms with Crippen LogP contribution in [0.1, 0.15) is 41.8 Å². The van der Waals surface area contributed by atoms with Crippen LogP contribution in [0.3, 0.4) is 0 Å². The Bertz CT molecular complexity index is 387. The summed E-state index contributed by atoms with van der Waals surface area (Å²) >= 11 is 0. The summed E-state index contributed by atoms with van der Waals surface area (Å²) in [5, 5.41) is 11.8. The number of nitrogens with zero attached hydrogens (tertiary/aromatic N) is 1. The summed E-state index contributed by atoms with van der Waals surface area (Å²) < 4.78 is 9.37. The van der Waals surface area contributed by atoms with Gasteiger partial charge in [-0.05, 0) is 20.8 Å². The number of carbonyl (C=O) groups is 2. The van der Waals surface area contributed by atoms with E-state index in [1.54, 1.807) is 20.8 Å². The molecule has 0 saturated carbocycles. The van der Waals surface area contributed by atoms with Crippen molar-refractivity contribution in [1.29, 1.82) is 0 Å². The van der Waals surface area contributed by atoms with Crippen LogP contribution >= 0.6 is 0 Å². The normalized spacial score (nSPS) is 11.1. The van der Waals surface area contributed by atoms with Crippen LogP contribution in [-0.2, 0) is 4.74 Å². The lowest BCUT2D eigenvalue weighted by Gasteiger charge is -2.18. The predicted molar refractivity (Wildman–Crippen MR) is 48.6 cm³/mol. The summed E-state index contributed by atoms with van der Waals surface area (Å²) in [4.78, 5) is 21.8. The van der Waals surface area contributed by atoms with Crippen LogP contribution in [0.5, 0.6) is 0 Å². The third-order valence-electron chi connectivity index (χ3n) is 1.33. The fourth-order valence-corrected chi connectivity index (χ4v) is 0.803. The number of aromatic carboxylic acids is 1. The van der Waals surface area contributed by atoms with E-state index in [4.69, 9.17) is 9.84 Å². The first kappa shape index (κ1) is 11.2. The summed E-state index contributed by atoms with van der Waals surface area (Å²) in [6.45, 7) is 5.09. The highest BCUT2D eigenvalue weighted by Gasteiger charge is 2.22. The van der Waals surface area contributed by atoms with E-state index < -0.39 is 23.3 Å². The fourth-order valence-electron chi connectivity index (χ4n) is 0.803. The maximum absolute atomic E-state index is 11.4. The molecule has 15 heavy (non-hydrogen) atoms. The average molecular weight is 213 g/mol. The molecule has 6 nitrogen and oxygen atoms in total. The molecule has 0 atom stereocenters. The van der Waals surface area contributed by atoms with Gasteiger partial charge in [-0.25, -0.2) is 9.59 Å². The number of hydrogen-bond acceptors (Lipinski definition) is 5. The lowest BCUT2D eigenvalue weighted by atomic mass is 10.2. The molecule has 0 unspecified atom stereocenters. The van der Waals surface area contributed by atoms with E-state index in [0.29, 0.717) is 0 Å². The van der Waals surface area contributed by atoms with Crippen LogP contribution in [-0.4, -0.2) is 27.8 Å². The first-order valence-electron chi connectivity index (χ1n) is 4.23. The van der Waals surface area contributed by atoms with Crippen molar-refractivity contribution in [1.82, 2.24) is 5.16 Å². The van der Waals surface area contributed by atoms with Crippen molar-refractivity contribution in [2.75, 3.05) is 0 Å². The molecule has 0 fully saturated rings. The number of rotatable bonds is 2. The summed E-state index contributed by atoms with van der Waals surface area (Å²) in [6, 6.07) is 1.02. The molecule has 0 aromatic carbocycles. The number of ether oxygens (including phenoxy) is 1.